The SMILES string of the molecule is Cc1cc([N+](=O)[O-])cnc1NCC1CCCCC1O. The highest BCUT2D eigenvalue weighted by atomic mass is 16.6. The lowest BCUT2D eigenvalue weighted by atomic mass is 9.86. The lowest BCUT2D eigenvalue weighted by Gasteiger charge is -2.27. The molecule has 1 aliphatic rings. The average Bonchev–Trinajstić information content (AvgIpc) is 2.39. The largest absolute Gasteiger partial charge is 0.393 e. The number of nitro groups is 1. The van der Waals surface area contributed by atoms with Gasteiger partial charge in [0.2, 0.25) is 0 Å². The van der Waals surface area contributed by atoms with Crippen LogP contribution in [0, 0.1) is 23.0 Å². The molecule has 0 amide bonds. The summed E-state index contributed by atoms with van der Waals surface area (Å²) in [6, 6.07) is 1.51. The van der Waals surface area contributed by atoms with E-state index in [2.05, 4.69) is 10.3 Å². The van der Waals surface area contributed by atoms with Crippen molar-refractivity contribution in [2.75, 3.05) is 11.9 Å². The van der Waals surface area contributed by atoms with E-state index < -0.39 is 4.92 Å². The first-order chi connectivity index (χ1) is 9.08. The van der Waals surface area contributed by atoms with Gasteiger partial charge in [-0.25, -0.2) is 4.98 Å². The van der Waals surface area contributed by atoms with Crippen LogP contribution in [0.1, 0.15) is 31.2 Å². The van der Waals surface area contributed by atoms with Crippen LogP contribution in [0.4, 0.5) is 11.5 Å². The highest BCUT2D eigenvalue weighted by Crippen LogP contribution is 2.25. The third kappa shape index (κ3) is 3.41. The summed E-state index contributed by atoms with van der Waals surface area (Å²) < 4.78 is 0. The van der Waals surface area contributed by atoms with Gasteiger partial charge in [-0.05, 0) is 25.3 Å². The number of nitrogens with one attached hydrogen (secondary N) is 1. The minimum atomic E-state index is -0.450. The van der Waals surface area contributed by atoms with Crippen LogP contribution in [0.15, 0.2) is 12.3 Å². The van der Waals surface area contributed by atoms with E-state index in [1.54, 1.807) is 6.92 Å². The molecule has 0 aliphatic heterocycles. The maximum absolute atomic E-state index is 10.6. The first kappa shape index (κ1) is 13.7. The number of aryl methyl sites for hydroxylation is 1. The van der Waals surface area contributed by atoms with Gasteiger partial charge in [-0.15, -0.1) is 0 Å². The molecule has 1 aliphatic carbocycles. The van der Waals surface area contributed by atoms with E-state index in [4.69, 9.17) is 0 Å². The Balaban J connectivity index is 1.97. The zero-order valence-electron chi connectivity index (χ0n) is 11.0. The molecule has 0 saturated heterocycles. The Bertz CT molecular complexity index is 464. The van der Waals surface area contributed by atoms with Gasteiger partial charge in [0.25, 0.3) is 5.69 Å². The van der Waals surface area contributed by atoms with Crippen LogP contribution >= 0.6 is 0 Å². The molecule has 1 saturated carbocycles. The molecule has 0 spiro atoms. The van der Waals surface area contributed by atoms with E-state index in [1.807, 2.05) is 0 Å². The van der Waals surface area contributed by atoms with Crippen LogP contribution in [0.3, 0.4) is 0 Å². The lowest BCUT2D eigenvalue weighted by molar-refractivity contribution is -0.385. The number of hydrogen-bond acceptors (Lipinski definition) is 5. The van der Waals surface area contributed by atoms with E-state index >= 15 is 0 Å². The molecular formula is C13H19N3O3. The van der Waals surface area contributed by atoms with Gasteiger partial charge in [0, 0.05) is 18.5 Å². The molecule has 1 aromatic heterocycles. The molecular weight excluding hydrogens is 246 g/mol. The fraction of sp³-hybridized carbons (Fsp3) is 0.615. The quantitative estimate of drug-likeness (QED) is 0.644. The molecule has 2 N–H and O–H groups in total. The Hall–Kier alpha value is -1.69. The molecule has 2 atom stereocenters. The molecule has 1 fully saturated rings. The summed E-state index contributed by atoms with van der Waals surface area (Å²) in [4.78, 5) is 14.2. The van der Waals surface area contributed by atoms with Gasteiger partial charge in [0.1, 0.15) is 12.0 Å². The Morgan fingerprint density at radius 2 is 2.26 bits per heavy atom. The molecule has 6 nitrogen and oxygen atoms in total. The number of nitrogens with zero attached hydrogens (tertiary/aromatic N) is 2. The second-order valence-corrected chi connectivity index (χ2v) is 5.11. The van der Waals surface area contributed by atoms with Crippen molar-refractivity contribution >= 4 is 11.5 Å². The van der Waals surface area contributed by atoms with Crippen LogP contribution in [0.5, 0.6) is 0 Å². The highest BCUT2D eigenvalue weighted by molar-refractivity contribution is 5.48. The van der Waals surface area contributed by atoms with Crippen molar-refractivity contribution in [2.24, 2.45) is 5.92 Å². The van der Waals surface area contributed by atoms with Gasteiger partial charge in [-0.3, -0.25) is 10.1 Å². The van der Waals surface area contributed by atoms with E-state index in [1.165, 1.54) is 12.3 Å². The predicted octanol–water partition coefficient (Wildman–Crippen LogP) is 2.26. The van der Waals surface area contributed by atoms with Crippen molar-refractivity contribution in [3.63, 3.8) is 0 Å². The molecule has 0 aromatic carbocycles. The van der Waals surface area contributed by atoms with E-state index in [9.17, 15) is 15.2 Å². The van der Waals surface area contributed by atoms with Gasteiger partial charge in [0.05, 0.1) is 11.0 Å². The summed E-state index contributed by atoms with van der Waals surface area (Å²) in [5, 5.41) is 23.7. The number of pyridine rings is 1. The molecule has 104 valence electrons. The van der Waals surface area contributed by atoms with E-state index in [0.29, 0.717) is 12.4 Å². The predicted molar refractivity (Wildman–Crippen MR) is 72.1 cm³/mol. The molecule has 1 aromatic rings. The van der Waals surface area contributed by atoms with Crippen molar-refractivity contribution < 1.29 is 10.0 Å². The fourth-order valence-corrected chi connectivity index (χ4v) is 2.50. The minimum Gasteiger partial charge on any atom is -0.393 e. The number of aliphatic hydroxyl groups is 1. The topological polar surface area (TPSA) is 88.3 Å². The monoisotopic (exact) mass is 265 g/mol. The average molecular weight is 265 g/mol. The first-order valence-corrected chi connectivity index (χ1v) is 6.61. The number of hydrogen-bond donors (Lipinski definition) is 2. The van der Waals surface area contributed by atoms with Crippen LogP contribution in [-0.4, -0.2) is 27.7 Å². The summed E-state index contributed by atoms with van der Waals surface area (Å²) in [6.07, 6.45) is 5.12. The van der Waals surface area contributed by atoms with Crippen LogP contribution in [0.25, 0.3) is 0 Å². The molecule has 0 radical (unpaired) electrons. The van der Waals surface area contributed by atoms with E-state index in [0.717, 1.165) is 31.2 Å². The molecule has 0 bridgehead atoms. The Labute approximate surface area is 112 Å². The highest BCUT2D eigenvalue weighted by Gasteiger charge is 2.23. The maximum Gasteiger partial charge on any atom is 0.287 e. The van der Waals surface area contributed by atoms with Gasteiger partial charge in [-0.1, -0.05) is 12.8 Å². The first-order valence-electron chi connectivity index (χ1n) is 6.61. The zero-order chi connectivity index (χ0) is 13.8. The van der Waals surface area contributed by atoms with Crippen molar-refractivity contribution in [1.82, 2.24) is 4.98 Å². The van der Waals surface area contributed by atoms with Crippen molar-refractivity contribution in [3.05, 3.63) is 27.9 Å². The lowest BCUT2D eigenvalue weighted by Crippen LogP contribution is -2.30. The van der Waals surface area contributed by atoms with Crippen LogP contribution < -0.4 is 5.32 Å². The van der Waals surface area contributed by atoms with Gasteiger partial charge >= 0.3 is 0 Å². The maximum atomic E-state index is 10.6. The molecule has 6 heteroatoms. The molecule has 19 heavy (non-hydrogen) atoms. The van der Waals surface area contributed by atoms with Crippen LogP contribution in [-0.2, 0) is 0 Å². The standard InChI is InChI=1S/C13H19N3O3/c1-9-6-11(16(18)19)8-15-13(9)14-7-10-4-2-3-5-12(10)17/h6,8,10,12,17H,2-5,7H2,1H3,(H,14,15). The van der Waals surface area contributed by atoms with Crippen LogP contribution in [0.2, 0.25) is 0 Å². The zero-order valence-corrected chi connectivity index (χ0v) is 11.0. The Morgan fingerprint density at radius 3 is 2.89 bits per heavy atom. The second kappa shape index (κ2) is 5.97. The van der Waals surface area contributed by atoms with Gasteiger partial charge in [-0.2, -0.15) is 0 Å². The summed E-state index contributed by atoms with van der Waals surface area (Å²) in [7, 11) is 0. The van der Waals surface area contributed by atoms with Gasteiger partial charge < -0.3 is 10.4 Å². The summed E-state index contributed by atoms with van der Waals surface area (Å²) >= 11 is 0. The smallest absolute Gasteiger partial charge is 0.287 e. The second-order valence-electron chi connectivity index (χ2n) is 5.11. The Kier molecular flexibility index (Phi) is 4.31. The normalized spacial score (nSPS) is 23.1. The summed E-state index contributed by atoms with van der Waals surface area (Å²) in [5.74, 6) is 0.897. The summed E-state index contributed by atoms with van der Waals surface area (Å²) in [6.45, 7) is 2.45. The number of aliphatic hydroxyl groups excluding tert-OH is 1. The third-order valence-electron chi connectivity index (χ3n) is 3.68. The minimum absolute atomic E-state index is 0.000695. The number of aromatic nitrogens is 1. The van der Waals surface area contributed by atoms with Crippen molar-refractivity contribution in [1.29, 1.82) is 0 Å². The van der Waals surface area contributed by atoms with Crippen molar-refractivity contribution in [2.45, 2.75) is 38.7 Å². The summed E-state index contributed by atoms with van der Waals surface area (Å²) in [5.41, 5.74) is 0.750. The number of rotatable bonds is 4. The number of anilines is 1. The Morgan fingerprint density at radius 1 is 1.53 bits per heavy atom. The fourth-order valence-electron chi connectivity index (χ4n) is 2.50. The van der Waals surface area contributed by atoms with Gasteiger partial charge in [0.15, 0.2) is 0 Å². The van der Waals surface area contributed by atoms with Crippen molar-refractivity contribution in [3.8, 4) is 0 Å². The molecule has 2 unspecified atom stereocenters. The van der Waals surface area contributed by atoms with E-state index in [-0.39, 0.29) is 17.7 Å². The molecule has 1 heterocycles. The third-order valence-corrected chi connectivity index (χ3v) is 3.68. The molecule has 2 rings (SSSR count).